The summed E-state index contributed by atoms with van der Waals surface area (Å²) in [5, 5.41) is 15.3. The van der Waals surface area contributed by atoms with Crippen molar-refractivity contribution in [2.24, 2.45) is 0 Å². The SMILES string of the molecule is Cc1ccc(C(=O)N[C@@H]2CO[C@@H]3[C@@H]2OC[C@@H]3n2nnnc2-c2ccc3c(c2)OCO3)cc1. The van der Waals surface area contributed by atoms with Crippen molar-refractivity contribution >= 4 is 5.91 Å². The number of fused-ring (bicyclic) bond motifs is 2. The van der Waals surface area contributed by atoms with Gasteiger partial charge in [-0.25, -0.2) is 4.68 Å². The van der Waals surface area contributed by atoms with Crippen LogP contribution in [-0.4, -0.2) is 64.4 Å². The Morgan fingerprint density at radius 2 is 1.84 bits per heavy atom. The molecule has 1 amide bonds. The van der Waals surface area contributed by atoms with Gasteiger partial charge in [-0.2, -0.15) is 0 Å². The van der Waals surface area contributed by atoms with E-state index in [0.29, 0.717) is 36.1 Å². The number of tetrazole rings is 1. The van der Waals surface area contributed by atoms with Gasteiger partial charge in [0.25, 0.3) is 5.91 Å². The van der Waals surface area contributed by atoms with E-state index >= 15 is 0 Å². The first-order valence-corrected chi connectivity index (χ1v) is 10.5. The number of ether oxygens (including phenoxy) is 4. The third kappa shape index (κ3) is 3.19. The van der Waals surface area contributed by atoms with Gasteiger partial charge in [0.05, 0.1) is 19.3 Å². The van der Waals surface area contributed by atoms with E-state index in [1.54, 1.807) is 4.68 Å². The topological polar surface area (TPSA) is 110 Å². The van der Waals surface area contributed by atoms with Gasteiger partial charge in [0.15, 0.2) is 17.3 Å². The molecular weight excluding hydrogens is 414 g/mol. The van der Waals surface area contributed by atoms with Crippen LogP contribution in [0.1, 0.15) is 22.0 Å². The minimum atomic E-state index is -0.275. The number of aromatic nitrogens is 4. The van der Waals surface area contributed by atoms with Crippen molar-refractivity contribution in [3.63, 3.8) is 0 Å². The molecule has 10 nitrogen and oxygen atoms in total. The summed E-state index contributed by atoms with van der Waals surface area (Å²) < 4.78 is 24.7. The van der Waals surface area contributed by atoms with Crippen molar-refractivity contribution in [2.75, 3.05) is 20.0 Å². The quantitative estimate of drug-likeness (QED) is 0.657. The second kappa shape index (κ2) is 7.57. The Kier molecular flexibility index (Phi) is 4.54. The molecule has 3 aliphatic rings. The van der Waals surface area contributed by atoms with Crippen LogP contribution in [0.4, 0.5) is 0 Å². The smallest absolute Gasteiger partial charge is 0.251 e. The van der Waals surface area contributed by atoms with Gasteiger partial charge in [-0.05, 0) is 47.7 Å². The first-order valence-electron chi connectivity index (χ1n) is 10.5. The fraction of sp³-hybridized carbons (Fsp3) is 0.364. The van der Waals surface area contributed by atoms with Crippen LogP contribution in [0.5, 0.6) is 11.5 Å². The Morgan fingerprint density at radius 1 is 1.03 bits per heavy atom. The second-order valence-electron chi connectivity index (χ2n) is 8.12. The molecular formula is C22H21N5O5. The summed E-state index contributed by atoms with van der Waals surface area (Å²) in [6, 6.07) is 12.6. The highest BCUT2D eigenvalue weighted by atomic mass is 16.7. The first-order chi connectivity index (χ1) is 15.7. The van der Waals surface area contributed by atoms with Gasteiger partial charge in [-0.1, -0.05) is 17.7 Å². The predicted molar refractivity (Wildman–Crippen MR) is 110 cm³/mol. The third-order valence-electron chi connectivity index (χ3n) is 6.10. The summed E-state index contributed by atoms with van der Waals surface area (Å²) >= 11 is 0. The molecule has 0 aliphatic carbocycles. The number of amides is 1. The maximum absolute atomic E-state index is 12.7. The van der Waals surface area contributed by atoms with Gasteiger partial charge in [0.1, 0.15) is 18.2 Å². The number of aryl methyl sites for hydroxylation is 1. The van der Waals surface area contributed by atoms with Crippen molar-refractivity contribution in [2.45, 2.75) is 31.2 Å². The standard InChI is InChI=1S/C22H21N5O5/c1-12-2-4-13(5-3-12)22(28)23-15-9-29-20-16(10-30-19(15)20)27-21(24-25-26-27)14-6-7-17-18(8-14)32-11-31-17/h2-8,15-16,19-20H,9-11H2,1H3,(H,23,28)/t15-,16+,19-,20+/m1/s1. The Morgan fingerprint density at radius 3 is 2.72 bits per heavy atom. The number of nitrogens with zero attached hydrogens (tertiary/aromatic N) is 4. The summed E-state index contributed by atoms with van der Waals surface area (Å²) in [4.78, 5) is 12.7. The van der Waals surface area contributed by atoms with Crippen LogP contribution in [0.15, 0.2) is 42.5 Å². The van der Waals surface area contributed by atoms with Crippen LogP contribution in [0.25, 0.3) is 11.4 Å². The lowest BCUT2D eigenvalue weighted by atomic mass is 10.0. The van der Waals surface area contributed by atoms with E-state index < -0.39 is 0 Å². The number of hydrogen-bond donors (Lipinski definition) is 1. The van der Waals surface area contributed by atoms with Gasteiger partial charge >= 0.3 is 0 Å². The van der Waals surface area contributed by atoms with E-state index in [4.69, 9.17) is 18.9 Å². The molecule has 2 fully saturated rings. The molecule has 6 rings (SSSR count). The molecule has 10 heteroatoms. The van der Waals surface area contributed by atoms with Crippen molar-refractivity contribution in [1.82, 2.24) is 25.5 Å². The fourth-order valence-corrected chi connectivity index (χ4v) is 4.41. The molecule has 0 bridgehead atoms. The molecule has 32 heavy (non-hydrogen) atoms. The largest absolute Gasteiger partial charge is 0.454 e. The van der Waals surface area contributed by atoms with Crippen LogP contribution in [0.2, 0.25) is 0 Å². The average molecular weight is 435 g/mol. The van der Waals surface area contributed by atoms with E-state index in [-0.39, 0.29) is 37.0 Å². The number of hydrogen-bond acceptors (Lipinski definition) is 8. The van der Waals surface area contributed by atoms with E-state index in [1.165, 1.54) is 0 Å². The van der Waals surface area contributed by atoms with E-state index in [9.17, 15) is 4.79 Å². The number of nitrogens with one attached hydrogen (secondary N) is 1. The molecule has 2 saturated heterocycles. The van der Waals surface area contributed by atoms with Crippen molar-refractivity contribution in [1.29, 1.82) is 0 Å². The zero-order chi connectivity index (χ0) is 21.7. The summed E-state index contributed by atoms with van der Waals surface area (Å²) in [6.07, 6.45) is -0.544. The molecule has 0 unspecified atom stereocenters. The minimum absolute atomic E-state index is 0.144. The molecule has 0 spiro atoms. The Balaban J connectivity index is 1.20. The molecule has 3 aromatic rings. The molecule has 1 N–H and O–H groups in total. The highest BCUT2D eigenvalue weighted by Crippen LogP contribution is 2.38. The molecule has 2 aromatic carbocycles. The maximum Gasteiger partial charge on any atom is 0.251 e. The number of carbonyl (C=O) groups excluding carboxylic acids is 1. The zero-order valence-corrected chi connectivity index (χ0v) is 17.3. The summed E-state index contributed by atoms with van der Waals surface area (Å²) in [5.74, 6) is 1.81. The highest BCUT2D eigenvalue weighted by Gasteiger charge is 2.50. The van der Waals surface area contributed by atoms with Crippen molar-refractivity contribution in [3.05, 3.63) is 53.6 Å². The van der Waals surface area contributed by atoms with E-state index in [2.05, 4.69) is 20.8 Å². The van der Waals surface area contributed by atoms with Crippen molar-refractivity contribution in [3.8, 4) is 22.9 Å². The van der Waals surface area contributed by atoms with Gasteiger partial charge < -0.3 is 24.3 Å². The molecule has 164 valence electrons. The summed E-state index contributed by atoms with van der Waals surface area (Å²) in [6.45, 7) is 2.94. The van der Waals surface area contributed by atoms with Gasteiger partial charge in [-0.15, -0.1) is 5.10 Å². The van der Waals surface area contributed by atoms with Gasteiger partial charge in [-0.3, -0.25) is 4.79 Å². The lowest BCUT2D eigenvalue weighted by molar-refractivity contribution is 0.0615. The Bertz CT molecular complexity index is 1160. The van der Waals surface area contributed by atoms with Crippen LogP contribution in [0, 0.1) is 6.92 Å². The second-order valence-corrected chi connectivity index (χ2v) is 8.12. The molecule has 1 aromatic heterocycles. The lowest BCUT2D eigenvalue weighted by Crippen LogP contribution is -2.44. The molecule has 0 saturated carbocycles. The van der Waals surface area contributed by atoms with Crippen LogP contribution in [0.3, 0.4) is 0 Å². The number of carbonyl (C=O) groups is 1. The van der Waals surface area contributed by atoms with Crippen LogP contribution < -0.4 is 14.8 Å². The molecule has 4 atom stereocenters. The predicted octanol–water partition coefficient (Wildman–Crippen LogP) is 1.51. The maximum atomic E-state index is 12.7. The third-order valence-corrected chi connectivity index (χ3v) is 6.10. The van der Waals surface area contributed by atoms with E-state index in [0.717, 1.165) is 11.1 Å². The zero-order valence-electron chi connectivity index (χ0n) is 17.3. The van der Waals surface area contributed by atoms with Crippen LogP contribution in [-0.2, 0) is 9.47 Å². The summed E-state index contributed by atoms with van der Waals surface area (Å²) in [5.41, 5.74) is 2.52. The Hall–Kier alpha value is -3.50. The lowest BCUT2D eigenvalue weighted by Gasteiger charge is -2.18. The van der Waals surface area contributed by atoms with E-state index in [1.807, 2.05) is 49.4 Å². The first kappa shape index (κ1) is 19.2. The number of benzene rings is 2. The fourth-order valence-electron chi connectivity index (χ4n) is 4.41. The molecule has 3 aliphatic heterocycles. The minimum Gasteiger partial charge on any atom is -0.454 e. The van der Waals surface area contributed by atoms with Crippen molar-refractivity contribution < 1.29 is 23.7 Å². The van der Waals surface area contributed by atoms with Crippen LogP contribution >= 0.6 is 0 Å². The summed E-state index contributed by atoms with van der Waals surface area (Å²) in [7, 11) is 0. The van der Waals surface area contributed by atoms with Gasteiger partial charge in [0.2, 0.25) is 6.79 Å². The Labute approximate surface area is 183 Å². The number of rotatable bonds is 4. The normalized spacial score (nSPS) is 25.7. The monoisotopic (exact) mass is 435 g/mol. The van der Waals surface area contributed by atoms with Gasteiger partial charge in [0, 0.05) is 11.1 Å². The average Bonchev–Trinajstić information content (AvgIpc) is 3.58. The molecule has 4 heterocycles. The molecule has 0 radical (unpaired) electrons. The highest BCUT2D eigenvalue weighted by molar-refractivity contribution is 5.94.